The second kappa shape index (κ2) is 17.6. The predicted molar refractivity (Wildman–Crippen MR) is 85.8 cm³/mol. The molecule has 4 N–H and O–H groups in total. The average Bonchev–Trinajstić information content (AvgIpc) is 2.43. The van der Waals surface area contributed by atoms with Crippen LogP contribution in [0.25, 0.3) is 0 Å². The van der Waals surface area contributed by atoms with Crippen molar-refractivity contribution in [2.24, 2.45) is 0 Å². The molecule has 0 aromatic rings. The van der Waals surface area contributed by atoms with Crippen LogP contribution in [0.1, 0.15) is 32.6 Å². The first-order chi connectivity index (χ1) is 9.41. The van der Waals surface area contributed by atoms with E-state index in [2.05, 4.69) is 40.3 Å². The van der Waals surface area contributed by atoms with Gasteiger partial charge in [-0.25, -0.2) is 0 Å². The van der Waals surface area contributed by atoms with E-state index in [0.717, 1.165) is 45.8 Å². The van der Waals surface area contributed by atoms with Crippen molar-refractivity contribution >= 4 is 0 Å². The Kier molecular flexibility index (Phi) is 17.2. The molecule has 4 nitrogen and oxygen atoms in total. The standard InChI is InChI=1S/C15H34N4/c1-3-17-11-6-7-13-19-15-9-8-14-18-12-5-4-10-16-2/h8-9,16-19H,3-7,10-15H2,1-2H3/b9-8-. The van der Waals surface area contributed by atoms with Crippen molar-refractivity contribution in [3.63, 3.8) is 0 Å². The number of hydrogen-bond acceptors (Lipinski definition) is 4. The summed E-state index contributed by atoms with van der Waals surface area (Å²) in [6.07, 6.45) is 9.44. The summed E-state index contributed by atoms with van der Waals surface area (Å²) in [6, 6.07) is 0. The van der Waals surface area contributed by atoms with Crippen LogP contribution >= 0.6 is 0 Å². The second-order valence-electron chi connectivity index (χ2n) is 4.75. The minimum Gasteiger partial charge on any atom is -0.320 e. The lowest BCUT2D eigenvalue weighted by atomic mass is 10.3. The molecule has 0 aliphatic heterocycles. The van der Waals surface area contributed by atoms with Crippen LogP contribution in [-0.2, 0) is 0 Å². The summed E-state index contributed by atoms with van der Waals surface area (Å²) in [7, 11) is 2.00. The maximum absolute atomic E-state index is 3.43. The van der Waals surface area contributed by atoms with Gasteiger partial charge in [-0.05, 0) is 65.5 Å². The second-order valence-corrected chi connectivity index (χ2v) is 4.75. The molecule has 0 aromatic heterocycles. The van der Waals surface area contributed by atoms with E-state index in [9.17, 15) is 0 Å². The third-order valence-electron chi connectivity index (χ3n) is 2.93. The highest BCUT2D eigenvalue weighted by atomic mass is 14.9. The molecular formula is C15H34N4. The fourth-order valence-corrected chi connectivity index (χ4v) is 1.77. The Morgan fingerprint density at radius 1 is 0.684 bits per heavy atom. The van der Waals surface area contributed by atoms with Crippen molar-refractivity contribution in [3.05, 3.63) is 12.2 Å². The topological polar surface area (TPSA) is 48.1 Å². The van der Waals surface area contributed by atoms with Gasteiger partial charge in [0.05, 0.1) is 0 Å². The molecule has 0 aliphatic carbocycles. The molecule has 0 amide bonds. The van der Waals surface area contributed by atoms with E-state index in [1.165, 1.54) is 25.7 Å². The minimum absolute atomic E-state index is 0.988. The van der Waals surface area contributed by atoms with Gasteiger partial charge in [0.2, 0.25) is 0 Å². The lowest BCUT2D eigenvalue weighted by Crippen LogP contribution is -2.19. The zero-order chi connectivity index (χ0) is 14.0. The van der Waals surface area contributed by atoms with Crippen LogP contribution in [0, 0.1) is 0 Å². The lowest BCUT2D eigenvalue weighted by Gasteiger charge is -2.03. The first kappa shape index (κ1) is 18.6. The van der Waals surface area contributed by atoms with Gasteiger partial charge in [-0.2, -0.15) is 0 Å². The summed E-state index contributed by atoms with van der Waals surface area (Å²) < 4.78 is 0. The Bertz CT molecular complexity index is 183. The maximum Gasteiger partial charge on any atom is 0.0135 e. The highest BCUT2D eigenvalue weighted by molar-refractivity contribution is 4.85. The molecule has 0 bridgehead atoms. The number of rotatable bonds is 15. The van der Waals surface area contributed by atoms with Crippen molar-refractivity contribution in [1.29, 1.82) is 0 Å². The van der Waals surface area contributed by atoms with E-state index in [0.29, 0.717) is 0 Å². The average molecular weight is 270 g/mol. The Labute approximate surface area is 119 Å². The maximum atomic E-state index is 3.43. The summed E-state index contributed by atoms with van der Waals surface area (Å²) in [5.41, 5.74) is 0. The van der Waals surface area contributed by atoms with Crippen LogP contribution in [0.15, 0.2) is 12.2 Å². The van der Waals surface area contributed by atoms with Gasteiger partial charge in [-0.1, -0.05) is 19.1 Å². The summed E-state index contributed by atoms with van der Waals surface area (Å²) in [4.78, 5) is 0. The summed E-state index contributed by atoms with van der Waals surface area (Å²) in [5.74, 6) is 0. The smallest absolute Gasteiger partial charge is 0.0135 e. The van der Waals surface area contributed by atoms with E-state index in [1.54, 1.807) is 0 Å². The minimum atomic E-state index is 0.988. The fourth-order valence-electron chi connectivity index (χ4n) is 1.77. The van der Waals surface area contributed by atoms with Crippen LogP contribution < -0.4 is 21.3 Å². The third-order valence-corrected chi connectivity index (χ3v) is 2.93. The molecule has 0 rings (SSSR count). The van der Waals surface area contributed by atoms with E-state index < -0.39 is 0 Å². The van der Waals surface area contributed by atoms with Gasteiger partial charge in [0.15, 0.2) is 0 Å². The third kappa shape index (κ3) is 17.6. The Hall–Kier alpha value is -0.420. The van der Waals surface area contributed by atoms with Crippen LogP contribution in [0.2, 0.25) is 0 Å². The van der Waals surface area contributed by atoms with Crippen molar-refractivity contribution < 1.29 is 0 Å². The molecular weight excluding hydrogens is 236 g/mol. The molecule has 19 heavy (non-hydrogen) atoms. The summed E-state index contributed by atoms with van der Waals surface area (Å²) in [6.45, 7) is 9.71. The molecule has 0 saturated heterocycles. The van der Waals surface area contributed by atoms with Crippen LogP contribution in [0.5, 0.6) is 0 Å². The molecule has 0 radical (unpaired) electrons. The quantitative estimate of drug-likeness (QED) is 0.266. The van der Waals surface area contributed by atoms with Crippen molar-refractivity contribution in [2.75, 3.05) is 52.9 Å². The molecule has 0 aliphatic rings. The SMILES string of the molecule is CCNCCCCNC/C=C\CNCCCCNC. The number of hydrogen-bond donors (Lipinski definition) is 4. The van der Waals surface area contributed by atoms with Crippen molar-refractivity contribution in [1.82, 2.24) is 21.3 Å². The number of nitrogens with one attached hydrogen (secondary N) is 4. The van der Waals surface area contributed by atoms with Crippen LogP contribution in [0.3, 0.4) is 0 Å². The summed E-state index contributed by atoms with van der Waals surface area (Å²) >= 11 is 0. The predicted octanol–water partition coefficient (Wildman–Crippen LogP) is 1.11. The fraction of sp³-hybridized carbons (Fsp3) is 0.867. The van der Waals surface area contributed by atoms with Gasteiger partial charge in [0, 0.05) is 13.1 Å². The molecule has 0 saturated carbocycles. The zero-order valence-corrected chi connectivity index (χ0v) is 12.9. The van der Waals surface area contributed by atoms with Gasteiger partial charge in [0.1, 0.15) is 0 Å². The molecule has 0 atom stereocenters. The molecule has 114 valence electrons. The zero-order valence-electron chi connectivity index (χ0n) is 12.9. The van der Waals surface area contributed by atoms with E-state index >= 15 is 0 Å². The number of unbranched alkanes of at least 4 members (excludes halogenated alkanes) is 2. The Balaban J connectivity index is 3.01. The molecule has 0 aromatic carbocycles. The largest absolute Gasteiger partial charge is 0.320 e. The van der Waals surface area contributed by atoms with Gasteiger partial charge in [-0.15, -0.1) is 0 Å². The van der Waals surface area contributed by atoms with Crippen molar-refractivity contribution in [3.8, 4) is 0 Å². The first-order valence-corrected chi connectivity index (χ1v) is 7.83. The van der Waals surface area contributed by atoms with E-state index in [-0.39, 0.29) is 0 Å². The highest BCUT2D eigenvalue weighted by Gasteiger charge is 1.87. The van der Waals surface area contributed by atoms with Gasteiger partial charge < -0.3 is 21.3 Å². The normalized spacial score (nSPS) is 11.5. The monoisotopic (exact) mass is 270 g/mol. The Morgan fingerprint density at radius 2 is 1.16 bits per heavy atom. The highest BCUT2D eigenvalue weighted by Crippen LogP contribution is 1.85. The van der Waals surface area contributed by atoms with Crippen molar-refractivity contribution in [2.45, 2.75) is 32.6 Å². The van der Waals surface area contributed by atoms with Gasteiger partial charge >= 0.3 is 0 Å². The van der Waals surface area contributed by atoms with Crippen LogP contribution in [-0.4, -0.2) is 52.9 Å². The summed E-state index contributed by atoms with van der Waals surface area (Å²) in [5, 5.41) is 13.3. The van der Waals surface area contributed by atoms with Crippen LogP contribution in [0.4, 0.5) is 0 Å². The molecule has 0 heterocycles. The Morgan fingerprint density at radius 3 is 1.63 bits per heavy atom. The lowest BCUT2D eigenvalue weighted by molar-refractivity contribution is 0.608. The first-order valence-electron chi connectivity index (χ1n) is 7.83. The molecule has 0 unspecified atom stereocenters. The van der Waals surface area contributed by atoms with Gasteiger partial charge in [0.25, 0.3) is 0 Å². The molecule has 0 spiro atoms. The van der Waals surface area contributed by atoms with E-state index in [1.807, 2.05) is 7.05 Å². The molecule has 4 heteroatoms. The van der Waals surface area contributed by atoms with E-state index in [4.69, 9.17) is 0 Å². The molecule has 0 fully saturated rings. The van der Waals surface area contributed by atoms with Gasteiger partial charge in [-0.3, -0.25) is 0 Å².